The van der Waals surface area contributed by atoms with Gasteiger partial charge in [0.1, 0.15) is 11.5 Å². The van der Waals surface area contributed by atoms with E-state index in [4.69, 9.17) is 10.2 Å². The second-order valence-electron chi connectivity index (χ2n) is 4.20. The van der Waals surface area contributed by atoms with Crippen LogP contribution in [0.4, 0.5) is 5.95 Å². The molecular formula is C13H12BrN3O. The molecular weight excluding hydrogens is 294 g/mol. The molecule has 92 valence electrons. The molecule has 2 heterocycles. The van der Waals surface area contributed by atoms with Crippen LogP contribution in [0.25, 0.3) is 11.0 Å². The highest BCUT2D eigenvalue weighted by molar-refractivity contribution is 9.10. The highest BCUT2D eigenvalue weighted by atomic mass is 79.9. The van der Waals surface area contributed by atoms with Crippen molar-refractivity contribution in [1.29, 1.82) is 0 Å². The zero-order valence-corrected chi connectivity index (χ0v) is 11.4. The third kappa shape index (κ3) is 1.90. The molecule has 5 heteroatoms. The van der Waals surface area contributed by atoms with Gasteiger partial charge in [-0.3, -0.25) is 0 Å². The van der Waals surface area contributed by atoms with Gasteiger partial charge in [0.15, 0.2) is 0 Å². The van der Waals surface area contributed by atoms with Crippen LogP contribution in [-0.2, 0) is 6.54 Å². The Morgan fingerprint density at radius 2 is 2.17 bits per heavy atom. The van der Waals surface area contributed by atoms with Crippen molar-refractivity contribution in [1.82, 2.24) is 9.55 Å². The van der Waals surface area contributed by atoms with Gasteiger partial charge >= 0.3 is 0 Å². The lowest BCUT2D eigenvalue weighted by Gasteiger charge is -2.04. The van der Waals surface area contributed by atoms with Crippen LogP contribution in [0.1, 0.15) is 11.5 Å². The maximum atomic E-state index is 5.95. The first kappa shape index (κ1) is 11.3. The first-order valence-electron chi connectivity index (χ1n) is 5.60. The average molecular weight is 306 g/mol. The summed E-state index contributed by atoms with van der Waals surface area (Å²) in [5.41, 5.74) is 7.84. The van der Waals surface area contributed by atoms with Gasteiger partial charge in [-0.15, -0.1) is 0 Å². The van der Waals surface area contributed by atoms with Crippen LogP contribution < -0.4 is 5.73 Å². The number of halogens is 1. The van der Waals surface area contributed by atoms with E-state index in [-0.39, 0.29) is 0 Å². The molecule has 4 nitrogen and oxygen atoms in total. The molecule has 0 unspecified atom stereocenters. The predicted octanol–water partition coefficient (Wildman–Crippen LogP) is 3.33. The van der Waals surface area contributed by atoms with Gasteiger partial charge in [-0.25, -0.2) is 4.98 Å². The molecule has 3 rings (SSSR count). The normalized spacial score (nSPS) is 11.2. The van der Waals surface area contributed by atoms with Crippen LogP contribution in [0.15, 0.2) is 39.2 Å². The Kier molecular flexibility index (Phi) is 2.63. The minimum absolute atomic E-state index is 0.497. The maximum absolute atomic E-state index is 5.95. The molecule has 0 saturated heterocycles. The summed E-state index contributed by atoms with van der Waals surface area (Å²) in [6.07, 6.45) is 0. The third-order valence-corrected chi connectivity index (χ3v) is 3.34. The monoisotopic (exact) mass is 305 g/mol. The zero-order valence-electron chi connectivity index (χ0n) is 9.85. The van der Waals surface area contributed by atoms with E-state index in [1.807, 2.05) is 41.8 Å². The molecule has 1 aromatic carbocycles. The first-order chi connectivity index (χ1) is 8.63. The summed E-state index contributed by atoms with van der Waals surface area (Å²) in [6.45, 7) is 2.52. The Balaban J connectivity index is 2.10. The lowest BCUT2D eigenvalue weighted by atomic mass is 10.3. The molecule has 3 aromatic rings. The maximum Gasteiger partial charge on any atom is 0.201 e. The lowest BCUT2D eigenvalue weighted by molar-refractivity contribution is 0.473. The number of hydrogen-bond donors (Lipinski definition) is 1. The SMILES string of the molecule is Cc1ccc(Cn2c(N)nc3ccc(Br)cc32)o1. The molecule has 2 N–H and O–H groups in total. The summed E-state index contributed by atoms with van der Waals surface area (Å²) >= 11 is 3.46. The molecule has 0 amide bonds. The van der Waals surface area contributed by atoms with Gasteiger partial charge in [0, 0.05) is 4.47 Å². The number of nitrogen functional groups attached to an aromatic ring is 1. The fourth-order valence-corrected chi connectivity index (χ4v) is 2.36. The molecule has 0 fully saturated rings. The highest BCUT2D eigenvalue weighted by Gasteiger charge is 2.10. The molecule has 0 aliphatic heterocycles. The number of furan rings is 1. The van der Waals surface area contributed by atoms with E-state index in [0.29, 0.717) is 12.5 Å². The number of anilines is 1. The molecule has 0 bridgehead atoms. The van der Waals surface area contributed by atoms with E-state index in [1.165, 1.54) is 0 Å². The van der Waals surface area contributed by atoms with Crippen molar-refractivity contribution < 1.29 is 4.42 Å². The number of imidazole rings is 1. The van der Waals surface area contributed by atoms with E-state index < -0.39 is 0 Å². The van der Waals surface area contributed by atoms with Crippen molar-refractivity contribution in [3.05, 3.63) is 46.3 Å². The van der Waals surface area contributed by atoms with Crippen LogP contribution in [0.3, 0.4) is 0 Å². The van der Waals surface area contributed by atoms with Crippen LogP contribution in [0.5, 0.6) is 0 Å². The highest BCUT2D eigenvalue weighted by Crippen LogP contribution is 2.23. The molecule has 0 aliphatic rings. The van der Waals surface area contributed by atoms with Gasteiger partial charge in [-0.1, -0.05) is 15.9 Å². The zero-order chi connectivity index (χ0) is 12.7. The molecule has 0 spiro atoms. The Morgan fingerprint density at radius 3 is 2.89 bits per heavy atom. The molecule has 0 aliphatic carbocycles. The molecule has 0 atom stereocenters. The smallest absolute Gasteiger partial charge is 0.201 e. The number of hydrogen-bond acceptors (Lipinski definition) is 3. The van der Waals surface area contributed by atoms with E-state index in [9.17, 15) is 0 Å². The number of rotatable bonds is 2. The summed E-state index contributed by atoms with van der Waals surface area (Å²) in [5, 5.41) is 0. The number of fused-ring (bicyclic) bond motifs is 1. The molecule has 18 heavy (non-hydrogen) atoms. The Labute approximate surface area is 113 Å². The van der Waals surface area contributed by atoms with E-state index >= 15 is 0 Å². The Hall–Kier alpha value is -1.75. The van der Waals surface area contributed by atoms with Gasteiger partial charge in [-0.05, 0) is 37.3 Å². The Bertz CT molecular complexity index is 714. The predicted molar refractivity (Wildman–Crippen MR) is 74.4 cm³/mol. The van der Waals surface area contributed by atoms with Gasteiger partial charge in [0.25, 0.3) is 0 Å². The Morgan fingerprint density at radius 1 is 1.33 bits per heavy atom. The van der Waals surface area contributed by atoms with E-state index in [0.717, 1.165) is 27.0 Å². The van der Waals surface area contributed by atoms with Crippen molar-refractivity contribution in [3.8, 4) is 0 Å². The van der Waals surface area contributed by atoms with Crippen molar-refractivity contribution in [2.45, 2.75) is 13.5 Å². The average Bonchev–Trinajstić information content (AvgIpc) is 2.86. The van der Waals surface area contributed by atoms with Crippen LogP contribution >= 0.6 is 15.9 Å². The minimum atomic E-state index is 0.497. The van der Waals surface area contributed by atoms with Crippen molar-refractivity contribution in [2.24, 2.45) is 0 Å². The second kappa shape index (κ2) is 4.17. The third-order valence-electron chi connectivity index (χ3n) is 2.85. The number of aromatic nitrogens is 2. The van der Waals surface area contributed by atoms with Crippen LogP contribution in [0.2, 0.25) is 0 Å². The van der Waals surface area contributed by atoms with Crippen LogP contribution in [0, 0.1) is 6.92 Å². The number of aryl methyl sites for hydroxylation is 1. The van der Waals surface area contributed by atoms with Crippen molar-refractivity contribution in [2.75, 3.05) is 5.73 Å². The first-order valence-corrected chi connectivity index (χ1v) is 6.39. The fraction of sp³-hybridized carbons (Fsp3) is 0.154. The van der Waals surface area contributed by atoms with Crippen LogP contribution in [-0.4, -0.2) is 9.55 Å². The lowest BCUT2D eigenvalue weighted by Crippen LogP contribution is -2.03. The summed E-state index contributed by atoms with van der Waals surface area (Å²) in [6, 6.07) is 9.81. The summed E-state index contributed by atoms with van der Waals surface area (Å²) in [4.78, 5) is 4.34. The van der Waals surface area contributed by atoms with E-state index in [1.54, 1.807) is 0 Å². The minimum Gasteiger partial charge on any atom is -0.464 e. The number of nitrogens with two attached hydrogens (primary N) is 1. The van der Waals surface area contributed by atoms with E-state index in [2.05, 4.69) is 20.9 Å². The number of nitrogens with zero attached hydrogens (tertiary/aromatic N) is 2. The quantitative estimate of drug-likeness (QED) is 0.790. The van der Waals surface area contributed by atoms with Gasteiger partial charge in [0.2, 0.25) is 5.95 Å². The standard InChI is InChI=1S/C13H12BrN3O/c1-8-2-4-10(18-8)7-17-12-6-9(14)3-5-11(12)16-13(17)15/h2-6H,7H2,1H3,(H2,15,16). The topological polar surface area (TPSA) is 57.0 Å². The van der Waals surface area contributed by atoms with Gasteiger partial charge in [0.05, 0.1) is 17.6 Å². The summed E-state index contributed by atoms with van der Waals surface area (Å²) < 4.78 is 8.52. The van der Waals surface area contributed by atoms with Crippen molar-refractivity contribution >= 4 is 32.9 Å². The number of benzene rings is 1. The fourth-order valence-electron chi connectivity index (χ4n) is 2.01. The van der Waals surface area contributed by atoms with Crippen molar-refractivity contribution in [3.63, 3.8) is 0 Å². The summed E-state index contributed by atoms with van der Waals surface area (Å²) in [5.74, 6) is 2.27. The molecule has 0 radical (unpaired) electrons. The molecule has 0 saturated carbocycles. The second-order valence-corrected chi connectivity index (χ2v) is 5.12. The van der Waals surface area contributed by atoms with Gasteiger partial charge in [-0.2, -0.15) is 0 Å². The largest absolute Gasteiger partial charge is 0.464 e. The summed E-state index contributed by atoms with van der Waals surface area (Å²) in [7, 11) is 0. The molecule has 2 aromatic heterocycles. The van der Waals surface area contributed by atoms with Gasteiger partial charge < -0.3 is 14.7 Å².